The fourth-order valence-corrected chi connectivity index (χ4v) is 0.449. The Morgan fingerprint density at radius 3 is 2.40 bits per heavy atom. The predicted molar refractivity (Wildman–Crippen MR) is 36.4 cm³/mol. The van der Waals surface area contributed by atoms with Crippen molar-refractivity contribution in [2.75, 3.05) is 0 Å². The van der Waals surface area contributed by atoms with E-state index in [4.69, 9.17) is 11.6 Å². The molecule has 0 aliphatic carbocycles. The molecule has 0 radical (unpaired) electrons. The molecule has 0 heterocycles. The van der Waals surface area contributed by atoms with Gasteiger partial charge in [-0.15, -0.1) is 0 Å². The number of hydrogen-bond donors (Lipinski definition) is 0. The van der Waals surface area contributed by atoms with Gasteiger partial charge in [0.1, 0.15) is 12.2 Å². The van der Waals surface area contributed by atoms with Gasteiger partial charge in [0.25, 0.3) is 0 Å². The van der Waals surface area contributed by atoms with Crippen LogP contribution in [0.3, 0.4) is 0 Å². The number of carbonyl (C=O) groups excluding carboxylic acids is 2. The minimum atomic E-state index is -0.674. The fourth-order valence-electron chi connectivity index (χ4n) is 0.363. The second kappa shape index (κ2) is 4.06. The maximum atomic E-state index is 10.5. The molecular weight excluding hydrogens is 156 g/mol. The number of esters is 1. The lowest BCUT2D eigenvalue weighted by Crippen LogP contribution is -2.06. The quantitative estimate of drug-likeness (QED) is 0.356. The van der Waals surface area contributed by atoms with Gasteiger partial charge in [0.15, 0.2) is 5.22 Å². The van der Waals surface area contributed by atoms with Crippen LogP contribution in [-0.4, -0.2) is 11.8 Å². The molecule has 0 amide bonds. The van der Waals surface area contributed by atoms with Gasteiger partial charge in [-0.3, -0.25) is 9.59 Å². The van der Waals surface area contributed by atoms with Crippen LogP contribution < -0.4 is 0 Å². The zero-order valence-electron chi connectivity index (χ0n) is 5.52. The summed E-state index contributed by atoms with van der Waals surface area (Å²) in [7, 11) is 0. The van der Waals surface area contributed by atoms with Gasteiger partial charge in [-0.1, -0.05) is 0 Å². The SMILES string of the molecule is C=C(Cl)OC(=O)CC(C)=O. The highest BCUT2D eigenvalue weighted by molar-refractivity contribution is 6.28. The third-order valence-electron chi connectivity index (χ3n) is 0.618. The van der Waals surface area contributed by atoms with Crippen LogP contribution in [-0.2, 0) is 14.3 Å². The molecule has 0 aromatic carbocycles. The summed E-state index contributed by atoms with van der Waals surface area (Å²) in [6.07, 6.45) is -0.258. The molecule has 0 saturated carbocycles. The zero-order chi connectivity index (χ0) is 8.15. The molecule has 0 spiro atoms. The maximum Gasteiger partial charge on any atom is 0.319 e. The Morgan fingerprint density at radius 1 is 1.60 bits per heavy atom. The predicted octanol–water partition coefficient (Wildman–Crippen LogP) is 1.22. The summed E-state index contributed by atoms with van der Waals surface area (Å²) in [5.74, 6) is -0.935. The molecule has 0 aliphatic heterocycles. The molecule has 0 atom stereocenters. The second-order valence-electron chi connectivity index (χ2n) is 1.71. The van der Waals surface area contributed by atoms with Crippen LogP contribution in [0.15, 0.2) is 11.8 Å². The first-order chi connectivity index (χ1) is 4.52. The standard InChI is InChI=1S/C6H7ClO3/c1-4(8)3-6(9)10-5(2)7/h2-3H2,1H3. The Morgan fingerprint density at radius 2 is 2.10 bits per heavy atom. The molecule has 0 aromatic heterocycles. The molecule has 0 fully saturated rings. The average Bonchev–Trinajstić information content (AvgIpc) is 1.58. The third-order valence-corrected chi connectivity index (χ3v) is 0.695. The van der Waals surface area contributed by atoms with E-state index in [9.17, 15) is 9.59 Å². The highest BCUT2D eigenvalue weighted by Crippen LogP contribution is 2.00. The lowest BCUT2D eigenvalue weighted by Gasteiger charge is -1.96. The van der Waals surface area contributed by atoms with Crippen LogP contribution in [0.4, 0.5) is 0 Å². The van der Waals surface area contributed by atoms with Crippen molar-refractivity contribution in [2.45, 2.75) is 13.3 Å². The second-order valence-corrected chi connectivity index (χ2v) is 2.13. The Hall–Kier alpha value is -0.830. The normalized spacial score (nSPS) is 8.60. The summed E-state index contributed by atoms with van der Waals surface area (Å²) in [6, 6.07) is 0. The number of hydrogen-bond acceptors (Lipinski definition) is 3. The largest absolute Gasteiger partial charge is 0.414 e. The van der Waals surface area contributed by atoms with Gasteiger partial charge < -0.3 is 4.74 Å². The summed E-state index contributed by atoms with van der Waals surface area (Å²) in [6.45, 7) is 4.40. The monoisotopic (exact) mass is 162 g/mol. The third kappa shape index (κ3) is 5.31. The number of ketones is 1. The number of carbonyl (C=O) groups is 2. The molecule has 4 heteroatoms. The van der Waals surface area contributed by atoms with Crippen molar-refractivity contribution >= 4 is 23.4 Å². The number of halogens is 1. The molecule has 3 nitrogen and oxygen atoms in total. The van der Waals surface area contributed by atoms with Crippen molar-refractivity contribution in [2.24, 2.45) is 0 Å². The van der Waals surface area contributed by atoms with Crippen LogP contribution in [0, 0.1) is 0 Å². The van der Waals surface area contributed by atoms with Gasteiger partial charge in [-0.2, -0.15) is 0 Å². The van der Waals surface area contributed by atoms with Crippen LogP contribution in [0.5, 0.6) is 0 Å². The smallest absolute Gasteiger partial charge is 0.319 e. The van der Waals surface area contributed by atoms with E-state index in [2.05, 4.69) is 11.3 Å². The Kier molecular flexibility index (Phi) is 3.72. The number of rotatable bonds is 3. The summed E-state index contributed by atoms with van der Waals surface area (Å²) in [5, 5.41) is -0.216. The van der Waals surface area contributed by atoms with Gasteiger partial charge in [0.2, 0.25) is 0 Å². The number of Topliss-reactive ketones (excluding diaryl/α,β-unsaturated/α-hetero) is 1. The van der Waals surface area contributed by atoms with Gasteiger partial charge in [-0.05, 0) is 25.1 Å². The van der Waals surface area contributed by atoms with Crippen molar-refractivity contribution in [3.8, 4) is 0 Å². The minimum Gasteiger partial charge on any atom is -0.414 e. The van der Waals surface area contributed by atoms with E-state index in [0.717, 1.165) is 0 Å². The fraction of sp³-hybridized carbons (Fsp3) is 0.333. The molecule has 0 rings (SSSR count). The van der Waals surface area contributed by atoms with Crippen LogP contribution in [0.2, 0.25) is 0 Å². The van der Waals surface area contributed by atoms with Gasteiger partial charge in [0.05, 0.1) is 0 Å². The molecule has 0 N–H and O–H groups in total. The maximum absolute atomic E-state index is 10.5. The molecule has 0 unspecified atom stereocenters. The molecule has 56 valence electrons. The first kappa shape index (κ1) is 9.17. The Balaban J connectivity index is 3.65. The van der Waals surface area contributed by atoms with Crippen molar-refractivity contribution < 1.29 is 14.3 Å². The molecule has 10 heavy (non-hydrogen) atoms. The van der Waals surface area contributed by atoms with Gasteiger partial charge >= 0.3 is 5.97 Å². The lowest BCUT2D eigenvalue weighted by molar-refractivity contribution is -0.141. The molecule has 0 aliphatic rings. The summed E-state index contributed by atoms with van der Waals surface area (Å²) < 4.78 is 4.27. The van der Waals surface area contributed by atoms with E-state index in [0.29, 0.717) is 0 Å². The van der Waals surface area contributed by atoms with Crippen molar-refractivity contribution in [1.82, 2.24) is 0 Å². The Bertz CT molecular complexity index is 156. The van der Waals surface area contributed by atoms with E-state index in [1.807, 2.05) is 0 Å². The van der Waals surface area contributed by atoms with Gasteiger partial charge in [0, 0.05) is 0 Å². The van der Waals surface area contributed by atoms with E-state index in [1.54, 1.807) is 0 Å². The lowest BCUT2D eigenvalue weighted by atomic mass is 10.3. The summed E-state index contributed by atoms with van der Waals surface area (Å²) >= 11 is 5.11. The summed E-state index contributed by atoms with van der Waals surface area (Å²) in [5.41, 5.74) is 0. The Labute approximate surface area is 63.6 Å². The first-order valence-corrected chi connectivity index (χ1v) is 2.94. The van der Waals surface area contributed by atoms with Crippen molar-refractivity contribution in [3.63, 3.8) is 0 Å². The molecular formula is C6H7ClO3. The summed E-state index contributed by atoms with van der Waals surface area (Å²) in [4.78, 5) is 20.7. The highest BCUT2D eigenvalue weighted by atomic mass is 35.5. The van der Waals surface area contributed by atoms with E-state index in [-0.39, 0.29) is 17.4 Å². The average molecular weight is 163 g/mol. The van der Waals surface area contributed by atoms with Crippen LogP contribution >= 0.6 is 11.6 Å². The van der Waals surface area contributed by atoms with E-state index >= 15 is 0 Å². The van der Waals surface area contributed by atoms with Crippen LogP contribution in [0.25, 0.3) is 0 Å². The van der Waals surface area contributed by atoms with Crippen LogP contribution in [0.1, 0.15) is 13.3 Å². The minimum absolute atomic E-state index is 0.216. The van der Waals surface area contributed by atoms with Crippen molar-refractivity contribution in [3.05, 3.63) is 11.8 Å². The zero-order valence-corrected chi connectivity index (χ0v) is 6.27. The van der Waals surface area contributed by atoms with E-state index in [1.165, 1.54) is 6.92 Å². The molecule has 0 bridgehead atoms. The van der Waals surface area contributed by atoms with Gasteiger partial charge in [-0.25, -0.2) is 0 Å². The topological polar surface area (TPSA) is 43.4 Å². The molecule has 0 aromatic rings. The highest BCUT2D eigenvalue weighted by Gasteiger charge is 2.06. The van der Waals surface area contributed by atoms with E-state index < -0.39 is 5.97 Å². The number of ether oxygens (including phenoxy) is 1. The van der Waals surface area contributed by atoms with Crippen molar-refractivity contribution in [1.29, 1.82) is 0 Å². The molecule has 0 saturated heterocycles. The first-order valence-electron chi connectivity index (χ1n) is 2.57.